The van der Waals surface area contributed by atoms with E-state index in [1.54, 1.807) is 0 Å². The summed E-state index contributed by atoms with van der Waals surface area (Å²) < 4.78 is 2.12. The van der Waals surface area contributed by atoms with Crippen molar-refractivity contribution in [2.45, 2.75) is 59.0 Å². The minimum absolute atomic E-state index is 0.0392. The standard InChI is InChI=1S/C19H26N4O/c1-19(2,3)18(24)21-13-14-12-17(16-10-6-7-11-20-16)23(22-14)15-8-4-5-9-15/h6-7,10-12,15H,4-5,8-9,13H2,1-3H3,(H,21,24). The highest BCUT2D eigenvalue weighted by molar-refractivity contribution is 5.81. The fourth-order valence-corrected chi connectivity index (χ4v) is 3.10. The van der Waals surface area contributed by atoms with E-state index in [0.29, 0.717) is 12.6 Å². The first kappa shape index (κ1) is 16.7. The van der Waals surface area contributed by atoms with Gasteiger partial charge in [-0.1, -0.05) is 39.7 Å². The number of carbonyl (C=O) groups excluding carboxylic acids is 1. The summed E-state index contributed by atoms with van der Waals surface area (Å²) >= 11 is 0. The summed E-state index contributed by atoms with van der Waals surface area (Å²) in [6.07, 6.45) is 6.64. The van der Waals surface area contributed by atoms with Gasteiger partial charge in [-0.15, -0.1) is 0 Å². The van der Waals surface area contributed by atoms with E-state index in [1.165, 1.54) is 12.8 Å². The Balaban J connectivity index is 1.85. The molecule has 2 heterocycles. The molecule has 3 rings (SSSR count). The van der Waals surface area contributed by atoms with Gasteiger partial charge in [0.1, 0.15) is 0 Å². The first-order valence-electron chi connectivity index (χ1n) is 8.73. The van der Waals surface area contributed by atoms with Crippen molar-refractivity contribution in [2.24, 2.45) is 5.41 Å². The predicted molar refractivity (Wildman–Crippen MR) is 94.3 cm³/mol. The monoisotopic (exact) mass is 326 g/mol. The Hall–Kier alpha value is -2.17. The van der Waals surface area contributed by atoms with Crippen LogP contribution in [0.3, 0.4) is 0 Å². The average molecular weight is 326 g/mol. The molecule has 24 heavy (non-hydrogen) atoms. The van der Waals surface area contributed by atoms with E-state index in [0.717, 1.165) is 29.9 Å². The van der Waals surface area contributed by atoms with Crippen LogP contribution < -0.4 is 5.32 Å². The zero-order valence-corrected chi connectivity index (χ0v) is 14.7. The molecule has 0 unspecified atom stereocenters. The van der Waals surface area contributed by atoms with Gasteiger partial charge in [0.2, 0.25) is 5.91 Å². The first-order valence-corrected chi connectivity index (χ1v) is 8.73. The quantitative estimate of drug-likeness (QED) is 0.931. The van der Waals surface area contributed by atoms with E-state index in [1.807, 2.05) is 45.2 Å². The number of nitrogens with one attached hydrogen (secondary N) is 1. The topological polar surface area (TPSA) is 59.8 Å². The van der Waals surface area contributed by atoms with Gasteiger partial charge in [-0.3, -0.25) is 14.5 Å². The number of pyridine rings is 1. The summed E-state index contributed by atoms with van der Waals surface area (Å²) in [5.74, 6) is 0.0392. The van der Waals surface area contributed by atoms with Crippen molar-refractivity contribution >= 4 is 5.91 Å². The number of nitrogens with zero attached hydrogens (tertiary/aromatic N) is 3. The fraction of sp³-hybridized carbons (Fsp3) is 0.526. The molecule has 128 valence electrons. The molecule has 0 saturated heterocycles. The largest absolute Gasteiger partial charge is 0.350 e. The molecule has 2 aromatic heterocycles. The second-order valence-electron chi connectivity index (χ2n) is 7.55. The number of hydrogen-bond donors (Lipinski definition) is 1. The molecule has 0 aliphatic heterocycles. The van der Waals surface area contributed by atoms with Crippen molar-refractivity contribution in [3.05, 3.63) is 36.2 Å². The maximum atomic E-state index is 12.1. The zero-order chi connectivity index (χ0) is 17.2. The number of amides is 1. The van der Waals surface area contributed by atoms with E-state index in [4.69, 9.17) is 5.10 Å². The van der Waals surface area contributed by atoms with Crippen LogP contribution in [0.25, 0.3) is 11.4 Å². The lowest BCUT2D eigenvalue weighted by atomic mass is 9.96. The van der Waals surface area contributed by atoms with Crippen LogP contribution in [0.15, 0.2) is 30.5 Å². The molecule has 1 saturated carbocycles. The molecule has 0 radical (unpaired) electrons. The van der Waals surface area contributed by atoms with Gasteiger partial charge >= 0.3 is 0 Å². The van der Waals surface area contributed by atoms with Gasteiger partial charge in [-0.05, 0) is 31.0 Å². The molecule has 1 aliphatic rings. The van der Waals surface area contributed by atoms with E-state index in [2.05, 4.69) is 21.0 Å². The molecule has 0 atom stereocenters. The molecule has 0 bridgehead atoms. The molecule has 1 fully saturated rings. The number of carbonyl (C=O) groups is 1. The Morgan fingerprint density at radius 3 is 2.67 bits per heavy atom. The summed E-state index contributed by atoms with van der Waals surface area (Å²) in [5.41, 5.74) is 2.48. The van der Waals surface area contributed by atoms with Crippen molar-refractivity contribution in [1.82, 2.24) is 20.1 Å². The third-order valence-corrected chi connectivity index (χ3v) is 4.50. The lowest BCUT2D eigenvalue weighted by Crippen LogP contribution is -2.34. The second kappa shape index (κ2) is 6.75. The van der Waals surface area contributed by atoms with Crippen molar-refractivity contribution in [3.63, 3.8) is 0 Å². The Morgan fingerprint density at radius 2 is 2.04 bits per heavy atom. The molecule has 0 spiro atoms. The van der Waals surface area contributed by atoms with Crippen LogP contribution in [0, 0.1) is 5.41 Å². The van der Waals surface area contributed by atoms with Gasteiger partial charge in [0.25, 0.3) is 0 Å². The van der Waals surface area contributed by atoms with Crippen LogP contribution in [0.2, 0.25) is 0 Å². The maximum absolute atomic E-state index is 12.1. The molecule has 2 aromatic rings. The van der Waals surface area contributed by atoms with Crippen molar-refractivity contribution in [3.8, 4) is 11.4 Å². The fourth-order valence-electron chi connectivity index (χ4n) is 3.10. The van der Waals surface area contributed by atoms with Crippen molar-refractivity contribution < 1.29 is 4.79 Å². The minimum Gasteiger partial charge on any atom is -0.350 e. The van der Waals surface area contributed by atoms with Gasteiger partial charge in [-0.25, -0.2) is 0 Å². The van der Waals surface area contributed by atoms with Crippen LogP contribution in [-0.4, -0.2) is 20.7 Å². The molecular weight excluding hydrogens is 300 g/mol. The smallest absolute Gasteiger partial charge is 0.225 e. The summed E-state index contributed by atoms with van der Waals surface area (Å²) in [7, 11) is 0. The van der Waals surface area contributed by atoms with Crippen LogP contribution in [0.4, 0.5) is 0 Å². The Bertz CT molecular complexity index is 694. The van der Waals surface area contributed by atoms with E-state index in [9.17, 15) is 4.79 Å². The van der Waals surface area contributed by atoms with Gasteiger partial charge in [0, 0.05) is 11.6 Å². The highest BCUT2D eigenvalue weighted by atomic mass is 16.2. The Kier molecular flexibility index (Phi) is 4.69. The maximum Gasteiger partial charge on any atom is 0.225 e. The highest BCUT2D eigenvalue weighted by Gasteiger charge is 2.24. The second-order valence-corrected chi connectivity index (χ2v) is 7.55. The molecule has 5 nitrogen and oxygen atoms in total. The Morgan fingerprint density at radius 1 is 1.29 bits per heavy atom. The lowest BCUT2D eigenvalue weighted by Gasteiger charge is -2.17. The first-order chi connectivity index (χ1) is 11.4. The molecular formula is C19H26N4O. The molecule has 1 aliphatic carbocycles. The predicted octanol–water partition coefficient (Wildman–Crippen LogP) is 3.72. The molecule has 0 aromatic carbocycles. The summed E-state index contributed by atoms with van der Waals surface area (Å²) in [4.78, 5) is 16.6. The molecule has 1 amide bonds. The third kappa shape index (κ3) is 3.66. The van der Waals surface area contributed by atoms with E-state index >= 15 is 0 Å². The third-order valence-electron chi connectivity index (χ3n) is 4.50. The van der Waals surface area contributed by atoms with E-state index < -0.39 is 5.41 Å². The summed E-state index contributed by atoms with van der Waals surface area (Å²) in [6.45, 7) is 6.20. The highest BCUT2D eigenvalue weighted by Crippen LogP contribution is 2.33. The van der Waals surface area contributed by atoms with Gasteiger partial charge in [-0.2, -0.15) is 5.10 Å². The van der Waals surface area contributed by atoms with Gasteiger partial charge in [0.15, 0.2) is 0 Å². The SMILES string of the molecule is CC(C)(C)C(=O)NCc1cc(-c2ccccn2)n(C2CCCC2)n1. The number of hydrogen-bond acceptors (Lipinski definition) is 3. The Labute approximate surface area is 143 Å². The molecule has 5 heteroatoms. The zero-order valence-electron chi connectivity index (χ0n) is 14.7. The van der Waals surface area contributed by atoms with Gasteiger partial charge in [0.05, 0.1) is 29.7 Å². The summed E-state index contributed by atoms with van der Waals surface area (Å²) in [5, 5.41) is 7.77. The van der Waals surface area contributed by atoms with Crippen LogP contribution in [0.5, 0.6) is 0 Å². The normalized spacial score (nSPS) is 15.6. The van der Waals surface area contributed by atoms with Crippen molar-refractivity contribution in [1.29, 1.82) is 0 Å². The van der Waals surface area contributed by atoms with Crippen LogP contribution >= 0.6 is 0 Å². The summed E-state index contributed by atoms with van der Waals surface area (Å²) in [6, 6.07) is 8.43. The molecule has 1 N–H and O–H groups in total. The number of rotatable bonds is 4. The van der Waals surface area contributed by atoms with Crippen LogP contribution in [-0.2, 0) is 11.3 Å². The van der Waals surface area contributed by atoms with Crippen molar-refractivity contribution in [2.75, 3.05) is 0 Å². The number of aromatic nitrogens is 3. The lowest BCUT2D eigenvalue weighted by molar-refractivity contribution is -0.128. The average Bonchev–Trinajstić information content (AvgIpc) is 3.21. The van der Waals surface area contributed by atoms with E-state index in [-0.39, 0.29) is 5.91 Å². The minimum atomic E-state index is -0.391. The van der Waals surface area contributed by atoms with Crippen LogP contribution in [0.1, 0.15) is 58.2 Å². The van der Waals surface area contributed by atoms with Gasteiger partial charge < -0.3 is 5.32 Å².